The highest BCUT2D eigenvalue weighted by Crippen LogP contribution is 2.26. The molecule has 1 aromatic carbocycles. The van der Waals surface area contributed by atoms with Gasteiger partial charge in [-0.3, -0.25) is 10.1 Å². The zero-order valence-corrected chi connectivity index (χ0v) is 13.7. The van der Waals surface area contributed by atoms with E-state index in [2.05, 4.69) is 10.3 Å². The van der Waals surface area contributed by atoms with Gasteiger partial charge in [0.15, 0.2) is 5.13 Å². The maximum absolute atomic E-state index is 11.5. The SMILES string of the molecule is CCOCC(=O)Nc1ncc(Cc2cc(Cl)ccc2Cl)s1. The number of halogens is 2. The number of nitrogens with one attached hydrogen (secondary N) is 1. The number of amides is 1. The largest absolute Gasteiger partial charge is 0.372 e. The summed E-state index contributed by atoms with van der Waals surface area (Å²) in [6.07, 6.45) is 2.34. The van der Waals surface area contributed by atoms with E-state index in [-0.39, 0.29) is 12.5 Å². The lowest BCUT2D eigenvalue weighted by atomic mass is 10.1. The van der Waals surface area contributed by atoms with Crippen LogP contribution in [0.4, 0.5) is 5.13 Å². The lowest BCUT2D eigenvalue weighted by molar-refractivity contribution is -0.120. The average Bonchev–Trinajstić information content (AvgIpc) is 2.88. The van der Waals surface area contributed by atoms with E-state index in [1.807, 2.05) is 13.0 Å². The van der Waals surface area contributed by atoms with Crippen LogP contribution in [-0.4, -0.2) is 24.1 Å². The molecule has 1 amide bonds. The lowest BCUT2D eigenvalue weighted by Gasteiger charge is -2.03. The van der Waals surface area contributed by atoms with Crippen LogP contribution in [0.2, 0.25) is 10.0 Å². The van der Waals surface area contributed by atoms with Gasteiger partial charge in [-0.1, -0.05) is 23.2 Å². The molecule has 0 saturated carbocycles. The first-order valence-electron chi connectivity index (χ1n) is 6.34. The first-order chi connectivity index (χ1) is 10.1. The third-order valence-corrected chi connectivity index (χ3v) is 4.13. The van der Waals surface area contributed by atoms with Gasteiger partial charge in [-0.25, -0.2) is 4.98 Å². The molecule has 2 aromatic rings. The summed E-state index contributed by atoms with van der Waals surface area (Å²) in [5.74, 6) is -0.210. The predicted octanol–water partition coefficient (Wildman–Crippen LogP) is 4.02. The van der Waals surface area contributed by atoms with Crippen LogP contribution in [0.15, 0.2) is 24.4 Å². The smallest absolute Gasteiger partial charge is 0.252 e. The van der Waals surface area contributed by atoms with Crippen molar-refractivity contribution >= 4 is 45.6 Å². The van der Waals surface area contributed by atoms with Gasteiger partial charge >= 0.3 is 0 Å². The van der Waals surface area contributed by atoms with Gasteiger partial charge in [0.05, 0.1) is 0 Å². The number of carbonyl (C=O) groups is 1. The highest BCUT2D eigenvalue weighted by Gasteiger charge is 2.09. The number of benzene rings is 1. The highest BCUT2D eigenvalue weighted by molar-refractivity contribution is 7.15. The minimum atomic E-state index is -0.210. The van der Waals surface area contributed by atoms with E-state index in [0.717, 1.165) is 10.4 Å². The number of ether oxygens (including phenoxy) is 1. The molecule has 21 heavy (non-hydrogen) atoms. The van der Waals surface area contributed by atoms with Gasteiger partial charge in [-0.2, -0.15) is 0 Å². The molecule has 0 bridgehead atoms. The number of anilines is 1. The maximum atomic E-state index is 11.5. The molecular formula is C14H14Cl2N2O2S. The van der Waals surface area contributed by atoms with Crippen molar-refractivity contribution in [3.63, 3.8) is 0 Å². The molecule has 0 fully saturated rings. The average molecular weight is 345 g/mol. The van der Waals surface area contributed by atoms with Crippen LogP contribution in [0.5, 0.6) is 0 Å². The van der Waals surface area contributed by atoms with Crippen molar-refractivity contribution < 1.29 is 9.53 Å². The highest BCUT2D eigenvalue weighted by atomic mass is 35.5. The Hall–Kier alpha value is -1.14. The molecule has 0 atom stereocenters. The number of thiazole rings is 1. The molecular weight excluding hydrogens is 331 g/mol. The van der Waals surface area contributed by atoms with Gasteiger partial charge < -0.3 is 4.74 Å². The Morgan fingerprint density at radius 3 is 3.00 bits per heavy atom. The van der Waals surface area contributed by atoms with E-state index >= 15 is 0 Å². The van der Waals surface area contributed by atoms with Gasteiger partial charge in [0.2, 0.25) is 0 Å². The summed E-state index contributed by atoms with van der Waals surface area (Å²) >= 11 is 13.5. The summed E-state index contributed by atoms with van der Waals surface area (Å²) in [5.41, 5.74) is 0.931. The fourth-order valence-corrected chi connectivity index (χ4v) is 2.89. The fraction of sp³-hybridized carbons (Fsp3) is 0.286. The number of rotatable bonds is 6. The van der Waals surface area contributed by atoms with Crippen molar-refractivity contribution in [3.8, 4) is 0 Å². The molecule has 7 heteroatoms. The second-order valence-electron chi connectivity index (χ2n) is 4.23. The van der Waals surface area contributed by atoms with Crippen LogP contribution in [0.25, 0.3) is 0 Å². The Morgan fingerprint density at radius 1 is 1.43 bits per heavy atom. The van der Waals surface area contributed by atoms with Crippen LogP contribution in [0.3, 0.4) is 0 Å². The molecule has 0 aliphatic heterocycles. The van der Waals surface area contributed by atoms with E-state index in [1.54, 1.807) is 18.3 Å². The standard InChI is InChI=1S/C14H14Cl2N2O2S/c1-2-20-8-13(19)18-14-17-7-11(21-14)6-9-5-10(15)3-4-12(9)16/h3-5,7H,2,6,8H2,1H3,(H,17,18,19). The topological polar surface area (TPSA) is 51.2 Å². The van der Waals surface area contributed by atoms with Crippen LogP contribution in [0, 0.1) is 0 Å². The molecule has 4 nitrogen and oxygen atoms in total. The molecule has 1 aromatic heterocycles. The number of hydrogen-bond donors (Lipinski definition) is 1. The van der Waals surface area contributed by atoms with E-state index in [1.165, 1.54) is 11.3 Å². The van der Waals surface area contributed by atoms with Crippen molar-refractivity contribution in [2.24, 2.45) is 0 Å². The molecule has 0 unspecified atom stereocenters. The normalized spacial score (nSPS) is 10.6. The molecule has 0 spiro atoms. The van der Waals surface area contributed by atoms with Crippen LogP contribution in [0.1, 0.15) is 17.4 Å². The molecule has 0 saturated heterocycles. The summed E-state index contributed by atoms with van der Waals surface area (Å²) in [6, 6.07) is 5.35. The second kappa shape index (κ2) is 7.75. The quantitative estimate of drug-likeness (QED) is 0.860. The second-order valence-corrected chi connectivity index (χ2v) is 6.19. The van der Waals surface area contributed by atoms with Gasteiger partial charge in [-0.05, 0) is 30.7 Å². The van der Waals surface area contributed by atoms with Crippen LogP contribution < -0.4 is 5.32 Å². The fourth-order valence-electron chi connectivity index (χ4n) is 1.66. The predicted molar refractivity (Wildman–Crippen MR) is 86.5 cm³/mol. The number of hydrogen-bond acceptors (Lipinski definition) is 4. The molecule has 2 rings (SSSR count). The summed E-state index contributed by atoms with van der Waals surface area (Å²) in [6.45, 7) is 2.37. The summed E-state index contributed by atoms with van der Waals surface area (Å²) in [5, 5.41) is 4.55. The Balaban J connectivity index is 2.00. The van der Waals surface area contributed by atoms with Gasteiger partial charge in [0.1, 0.15) is 6.61 Å². The monoisotopic (exact) mass is 344 g/mol. The Kier molecular flexibility index (Phi) is 5.99. The zero-order valence-electron chi connectivity index (χ0n) is 11.4. The number of carbonyl (C=O) groups excluding carboxylic acids is 1. The summed E-state index contributed by atoms with van der Waals surface area (Å²) in [7, 11) is 0. The van der Waals surface area contributed by atoms with Crippen LogP contribution >= 0.6 is 34.5 Å². The van der Waals surface area contributed by atoms with Crippen molar-refractivity contribution in [2.45, 2.75) is 13.3 Å². The van der Waals surface area contributed by atoms with E-state index in [0.29, 0.717) is 28.2 Å². The maximum Gasteiger partial charge on any atom is 0.252 e. The Labute approximate surface area is 137 Å². The van der Waals surface area contributed by atoms with Crippen molar-refractivity contribution in [1.82, 2.24) is 4.98 Å². The van der Waals surface area contributed by atoms with Crippen molar-refractivity contribution in [3.05, 3.63) is 44.9 Å². The molecule has 1 N–H and O–H groups in total. The molecule has 0 radical (unpaired) electrons. The minimum absolute atomic E-state index is 0.0333. The first-order valence-corrected chi connectivity index (χ1v) is 7.92. The molecule has 0 aliphatic rings. The molecule has 112 valence electrons. The molecule has 0 aliphatic carbocycles. The van der Waals surface area contributed by atoms with Gasteiger partial charge in [0.25, 0.3) is 5.91 Å². The van der Waals surface area contributed by atoms with Crippen molar-refractivity contribution in [1.29, 1.82) is 0 Å². The third kappa shape index (κ3) is 4.97. The molecule has 1 heterocycles. The Morgan fingerprint density at radius 2 is 2.24 bits per heavy atom. The summed E-state index contributed by atoms with van der Waals surface area (Å²) < 4.78 is 5.03. The number of aromatic nitrogens is 1. The van der Waals surface area contributed by atoms with E-state index in [4.69, 9.17) is 27.9 Å². The van der Waals surface area contributed by atoms with Crippen LogP contribution in [-0.2, 0) is 16.0 Å². The van der Waals surface area contributed by atoms with E-state index in [9.17, 15) is 4.79 Å². The summed E-state index contributed by atoms with van der Waals surface area (Å²) in [4.78, 5) is 16.7. The lowest BCUT2D eigenvalue weighted by Crippen LogP contribution is -2.17. The third-order valence-electron chi connectivity index (χ3n) is 2.61. The Bertz CT molecular complexity index is 631. The van der Waals surface area contributed by atoms with Crippen molar-refractivity contribution in [2.75, 3.05) is 18.5 Å². The zero-order chi connectivity index (χ0) is 15.2. The minimum Gasteiger partial charge on any atom is -0.372 e. The van der Waals surface area contributed by atoms with Gasteiger partial charge in [0, 0.05) is 34.1 Å². The van der Waals surface area contributed by atoms with Gasteiger partial charge in [-0.15, -0.1) is 11.3 Å². The van der Waals surface area contributed by atoms with E-state index < -0.39 is 0 Å². The number of nitrogens with zero attached hydrogens (tertiary/aromatic N) is 1. The first kappa shape index (κ1) is 16.2.